The highest BCUT2D eigenvalue weighted by Gasteiger charge is 2.15. The molecule has 2 aromatic carbocycles. The number of methoxy groups -OCH3 is 1. The third-order valence-corrected chi connectivity index (χ3v) is 4.02. The lowest BCUT2D eigenvalue weighted by atomic mass is 10.2. The van der Waals surface area contributed by atoms with Crippen LogP contribution >= 0.6 is 11.8 Å². The predicted molar refractivity (Wildman–Crippen MR) is 81.7 cm³/mol. The first-order valence-corrected chi connectivity index (χ1v) is 7.15. The molecule has 0 heterocycles. The molecule has 1 N–H and O–H groups in total. The normalized spacial score (nSPS) is 10.0. The van der Waals surface area contributed by atoms with Gasteiger partial charge in [-0.15, -0.1) is 0 Å². The van der Waals surface area contributed by atoms with Gasteiger partial charge in [0, 0.05) is 16.8 Å². The van der Waals surface area contributed by atoms with E-state index in [9.17, 15) is 9.59 Å². The fourth-order valence-corrected chi connectivity index (χ4v) is 2.89. The fourth-order valence-electron chi connectivity index (χ4n) is 1.83. The van der Waals surface area contributed by atoms with Crippen molar-refractivity contribution in [3.05, 3.63) is 59.7 Å². The lowest BCUT2D eigenvalue weighted by Gasteiger charge is -2.10. The summed E-state index contributed by atoms with van der Waals surface area (Å²) in [5, 5.41) is 2.61. The van der Waals surface area contributed by atoms with Crippen molar-refractivity contribution in [1.29, 1.82) is 0 Å². The first-order chi connectivity index (χ1) is 10.2. The number of nitrogens with one attached hydrogen (secondary N) is 1. The molecule has 2 rings (SSSR count). The fraction of sp³-hybridized carbons (Fsp3) is 0.125. The maximum atomic E-state index is 11.9. The van der Waals surface area contributed by atoms with Gasteiger partial charge in [-0.2, -0.15) is 0 Å². The summed E-state index contributed by atoms with van der Waals surface area (Å²) in [7, 11) is 2.94. The van der Waals surface area contributed by atoms with Gasteiger partial charge in [0.2, 0.25) is 0 Å². The van der Waals surface area contributed by atoms with E-state index in [4.69, 9.17) is 4.74 Å². The van der Waals surface area contributed by atoms with E-state index in [0.717, 1.165) is 9.79 Å². The van der Waals surface area contributed by atoms with Crippen molar-refractivity contribution in [1.82, 2.24) is 5.32 Å². The zero-order valence-corrected chi connectivity index (χ0v) is 12.6. The Balaban J connectivity index is 2.40. The Morgan fingerprint density at radius 2 is 1.48 bits per heavy atom. The number of esters is 1. The molecule has 0 fully saturated rings. The Labute approximate surface area is 127 Å². The summed E-state index contributed by atoms with van der Waals surface area (Å²) in [4.78, 5) is 25.2. The topological polar surface area (TPSA) is 55.4 Å². The molecular weight excluding hydrogens is 286 g/mol. The minimum absolute atomic E-state index is 0.159. The van der Waals surface area contributed by atoms with Crippen LogP contribution in [0.15, 0.2) is 58.3 Å². The van der Waals surface area contributed by atoms with Crippen LogP contribution in [-0.4, -0.2) is 26.0 Å². The van der Waals surface area contributed by atoms with E-state index < -0.39 is 5.97 Å². The van der Waals surface area contributed by atoms with Gasteiger partial charge < -0.3 is 10.1 Å². The third kappa shape index (κ3) is 3.44. The summed E-state index contributed by atoms with van der Waals surface area (Å²) in [5.41, 5.74) is 1.06. The molecule has 0 saturated carbocycles. The largest absolute Gasteiger partial charge is 0.465 e. The summed E-state index contributed by atoms with van der Waals surface area (Å²) in [6.07, 6.45) is 0. The Morgan fingerprint density at radius 3 is 2.05 bits per heavy atom. The molecule has 5 heteroatoms. The molecule has 0 aromatic heterocycles. The summed E-state index contributed by atoms with van der Waals surface area (Å²) in [6, 6.07) is 14.4. The van der Waals surface area contributed by atoms with Crippen molar-refractivity contribution in [2.75, 3.05) is 14.2 Å². The first kappa shape index (κ1) is 15.1. The molecule has 0 radical (unpaired) electrons. The highest BCUT2D eigenvalue weighted by Crippen LogP contribution is 2.33. The van der Waals surface area contributed by atoms with E-state index in [2.05, 4.69) is 5.32 Å². The van der Waals surface area contributed by atoms with Crippen molar-refractivity contribution < 1.29 is 14.3 Å². The van der Waals surface area contributed by atoms with Crippen LogP contribution in [0.2, 0.25) is 0 Å². The van der Waals surface area contributed by atoms with Gasteiger partial charge in [0.15, 0.2) is 0 Å². The molecule has 0 spiro atoms. The molecular formula is C16H15NO3S. The van der Waals surface area contributed by atoms with Crippen molar-refractivity contribution in [3.8, 4) is 0 Å². The molecule has 0 atom stereocenters. The highest BCUT2D eigenvalue weighted by atomic mass is 32.2. The van der Waals surface area contributed by atoms with Crippen LogP contribution in [0.3, 0.4) is 0 Å². The minimum Gasteiger partial charge on any atom is -0.465 e. The predicted octanol–water partition coefficient (Wildman–Crippen LogP) is 2.98. The van der Waals surface area contributed by atoms with Crippen LogP contribution in [0.25, 0.3) is 0 Å². The summed E-state index contributed by atoms with van der Waals surface area (Å²) >= 11 is 1.37. The molecule has 0 aliphatic rings. The molecule has 0 aliphatic heterocycles. The molecule has 2 aromatic rings. The van der Waals surface area contributed by atoms with Crippen LogP contribution in [0.5, 0.6) is 0 Å². The Hall–Kier alpha value is -2.27. The molecule has 1 amide bonds. The third-order valence-electron chi connectivity index (χ3n) is 2.87. The van der Waals surface area contributed by atoms with Crippen molar-refractivity contribution in [2.45, 2.75) is 9.79 Å². The first-order valence-electron chi connectivity index (χ1n) is 6.33. The van der Waals surface area contributed by atoms with Gasteiger partial charge >= 0.3 is 5.97 Å². The maximum Gasteiger partial charge on any atom is 0.339 e. The van der Waals surface area contributed by atoms with Crippen LogP contribution < -0.4 is 5.32 Å². The number of ether oxygens (including phenoxy) is 1. The number of carbonyl (C=O) groups is 2. The monoisotopic (exact) mass is 301 g/mol. The zero-order chi connectivity index (χ0) is 15.2. The molecule has 21 heavy (non-hydrogen) atoms. The Morgan fingerprint density at radius 1 is 0.952 bits per heavy atom. The maximum absolute atomic E-state index is 11.9. The standard InChI is InChI=1S/C16H15NO3S/c1-17-15(18)11-7-3-5-9-13(11)21-14-10-6-4-8-12(14)16(19)20-2/h3-10H,1-2H3,(H,17,18). The van der Waals surface area contributed by atoms with E-state index >= 15 is 0 Å². The van der Waals surface area contributed by atoms with Crippen molar-refractivity contribution in [2.24, 2.45) is 0 Å². The number of rotatable bonds is 4. The summed E-state index contributed by atoms with van der Waals surface area (Å²) < 4.78 is 4.78. The Kier molecular flexibility index (Phi) is 5.00. The van der Waals surface area contributed by atoms with Crippen LogP contribution in [0.1, 0.15) is 20.7 Å². The van der Waals surface area contributed by atoms with Gasteiger partial charge in [0.1, 0.15) is 0 Å². The van der Waals surface area contributed by atoms with Gasteiger partial charge in [-0.05, 0) is 24.3 Å². The van der Waals surface area contributed by atoms with E-state index in [1.165, 1.54) is 18.9 Å². The van der Waals surface area contributed by atoms with E-state index in [1.807, 2.05) is 24.3 Å². The second-order valence-electron chi connectivity index (χ2n) is 4.17. The molecule has 0 aliphatic carbocycles. The summed E-state index contributed by atoms with van der Waals surface area (Å²) in [5.74, 6) is -0.552. The van der Waals surface area contributed by atoms with Crippen LogP contribution in [-0.2, 0) is 4.74 Å². The van der Waals surface area contributed by atoms with Crippen molar-refractivity contribution in [3.63, 3.8) is 0 Å². The number of hydrogen-bond acceptors (Lipinski definition) is 4. The number of hydrogen-bond donors (Lipinski definition) is 1. The second-order valence-corrected chi connectivity index (χ2v) is 5.25. The number of carbonyl (C=O) groups excluding carboxylic acids is 2. The van der Waals surface area contributed by atoms with Gasteiger partial charge in [-0.1, -0.05) is 36.0 Å². The highest BCUT2D eigenvalue weighted by molar-refractivity contribution is 7.99. The lowest BCUT2D eigenvalue weighted by molar-refractivity contribution is 0.0596. The van der Waals surface area contributed by atoms with Gasteiger partial charge in [-0.3, -0.25) is 4.79 Å². The van der Waals surface area contributed by atoms with Crippen LogP contribution in [0, 0.1) is 0 Å². The van der Waals surface area contributed by atoms with E-state index in [1.54, 1.807) is 31.3 Å². The second kappa shape index (κ2) is 6.95. The van der Waals surface area contributed by atoms with Gasteiger partial charge in [0.05, 0.1) is 18.2 Å². The lowest BCUT2D eigenvalue weighted by Crippen LogP contribution is -2.18. The number of benzene rings is 2. The molecule has 108 valence electrons. The molecule has 0 unspecified atom stereocenters. The van der Waals surface area contributed by atoms with Crippen LogP contribution in [0.4, 0.5) is 0 Å². The SMILES string of the molecule is CNC(=O)c1ccccc1Sc1ccccc1C(=O)OC. The van der Waals surface area contributed by atoms with E-state index in [-0.39, 0.29) is 5.91 Å². The minimum atomic E-state index is -0.393. The molecule has 4 nitrogen and oxygen atoms in total. The van der Waals surface area contributed by atoms with Gasteiger partial charge in [0.25, 0.3) is 5.91 Å². The molecule has 0 saturated heterocycles. The summed E-state index contributed by atoms with van der Waals surface area (Å²) in [6.45, 7) is 0. The van der Waals surface area contributed by atoms with Gasteiger partial charge in [-0.25, -0.2) is 4.79 Å². The average Bonchev–Trinajstić information content (AvgIpc) is 2.54. The quantitative estimate of drug-likeness (QED) is 0.882. The average molecular weight is 301 g/mol. The zero-order valence-electron chi connectivity index (χ0n) is 11.8. The molecule has 0 bridgehead atoms. The number of amides is 1. The Bertz CT molecular complexity index is 613. The van der Waals surface area contributed by atoms with E-state index in [0.29, 0.717) is 11.1 Å². The smallest absolute Gasteiger partial charge is 0.339 e. The van der Waals surface area contributed by atoms with Crippen molar-refractivity contribution >= 4 is 23.6 Å².